The number of anilines is 1. The second-order valence-electron chi connectivity index (χ2n) is 4.78. The van der Waals surface area contributed by atoms with Gasteiger partial charge in [0.05, 0.1) is 0 Å². The van der Waals surface area contributed by atoms with Crippen LogP contribution < -0.4 is 10.6 Å². The molecule has 1 aliphatic heterocycles. The Labute approximate surface area is 111 Å². The van der Waals surface area contributed by atoms with Crippen molar-refractivity contribution in [3.05, 3.63) is 28.2 Å². The predicted molar refractivity (Wildman–Crippen MR) is 74.2 cm³/mol. The summed E-state index contributed by atoms with van der Waals surface area (Å²) in [6.45, 7) is 4.24. The highest BCUT2D eigenvalue weighted by Gasteiger charge is 2.22. The molecule has 0 radical (unpaired) electrons. The van der Waals surface area contributed by atoms with E-state index in [-0.39, 0.29) is 12.6 Å². The molecule has 94 valence electrons. The van der Waals surface area contributed by atoms with Crippen molar-refractivity contribution < 1.29 is 5.11 Å². The van der Waals surface area contributed by atoms with Crippen LogP contribution in [0.1, 0.15) is 24.9 Å². The molecule has 4 heteroatoms. The van der Waals surface area contributed by atoms with Crippen molar-refractivity contribution in [2.75, 3.05) is 24.6 Å². The lowest BCUT2D eigenvalue weighted by Crippen LogP contribution is -2.20. The molecule has 3 nitrogen and oxygen atoms in total. The number of halogens is 1. The molecule has 2 rings (SSSR count). The van der Waals surface area contributed by atoms with Gasteiger partial charge >= 0.3 is 0 Å². The molecule has 0 spiro atoms. The van der Waals surface area contributed by atoms with Gasteiger partial charge in [0.1, 0.15) is 0 Å². The number of aliphatic hydroxyl groups is 1. The number of hydrogen-bond donors (Lipinski definition) is 2. The molecule has 1 aromatic rings. The monoisotopic (exact) mass is 298 g/mol. The van der Waals surface area contributed by atoms with Gasteiger partial charge in [-0.25, -0.2) is 0 Å². The second kappa shape index (κ2) is 5.38. The lowest BCUT2D eigenvalue weighted by molar-refractivity contribution is 0.238. The maximum atomic E-state index is 9.15. The molecule has 0 amide bonds. The van der Waals surface area contributed by atoms with Gasteiger partial charge in [0.15, 0.2) is 0 Å². The highest BCUT2D eigenvalue weighted by Crippen LogP contribution is 2.30. The van der Waals surface area contributed by atoms with Crippen molar-refractivity contribution in [2.24, 2.45) is 11.7 Å². The van der Waals surface area contributed by atoms with E-state index in [0.717, 1.165) is 29.5 Å². The molecule has 1 saturated heterocycles. The van der Waals surface area contributed by atoms with Gasteiger partial charge < -0.3 is 15.7 Å². The summed E-state index contributed by atoms with van der Waals surface area (Å²) >= 11 is 3.57. The summed E-state index contributed by atoms with van der Waals surface area (Å²) in [7, 11) is 0. The Hall–Kier alpha value is -0.580. The molecule has 1 fully saturated rings. The summed E-state index contributed by atoms with van der Waals surface area (Å²) < 4.78 is 1.07. The Balaban J connectivity index is 2.15. The molecular formula is C13H19BrN2O. The molecule has 0 aromatic heterocycles. The first-order valence-corrected chi connectivity index (χ1v) is 6.82. The third-order valence-electron chi connectivity index (χ3n) is 3.38. The van der Waals surface area contributed by atoms with Gasteiger partial charge in [-0.15, -0.1) is 0 Å². The number of aliphatic hydroxyl groups excluding tert-OH is 1. The first kappa shape index (κ1) is 12.9. The maximum absolute atomic E-state index is 9.15. The molecule has 0 aliphatic carbocycles. The highest BCUT2D eigenvalue weighted by atomic mass is 79.9. The van der Waals surface area contributed by atoms with Crippen molar-refractivity contribution in [1.29, 1.82) is 0 Å². The number of benzene rings is 1. The smallest absolute Gasteiger partial charge is 0.0476 e. The molecule has 17 heavy (non-hydrogen) atoms. The molecule has 1 unspecified atom stereocenters. The minimum atomic E-state index is 0.0437. The van der Waals surface area contributed by atoms with Crippen molar-refractivity contribution in [1.82, 2.24) is 0 Å². The average molecular weight is 299 g/mol. The molecular weight excluding hydrogens is 280 g/mol. The topological polar surface area (TPSA) is 49.5 Å². The summed E-state index contributed by atoms with van der Waals surface area (Å²) in [4.78, 5) is 2.32. The van der Waals surface area contributed by atoms with E-state index < -0.39 is 0 Å². The minimum absolute atomic E-state index is 0.0437. The summed E-state index contributed by atoms with van der Waals surface area (Å²) in [5.41, 5.74) is 8.22. The Morgan fingerprint density at radius 1 is 1.59 bits per heavy atom. The summed E-state index contributed by atoms with van der Waals surface area (Å²) in [6, 6.07) is 6.36. The first-order valence-electron chi connectivity index (χ1n) is 6.02. The van der Waals surface area contributed by atoms with Crippen LogP contribution in [0.5, 0.6) is 0 Å². The van der Waals surface area contributed by atoms with E-state index in [2.05, 4.69) is 39.0 Å². The van der Waals surface area contributed by atoms with Gasteiger partial charge in [-0.05, 0) is 31.0 Å². The van der Waals surface area contributed by atoms with Crippen molar-refractivity contribution in [3.63, 3.8) is 0 Å². The molecule has 1 aliphatic rings. The van der Waals surface area contributed by atoms with E-state index in [1.807, 2.05) is 6.92 Å². The van der Waals surface area contributed by atoms with Gasteiger partial charge in [0.25, 0.3) is 0 Å². The summed E-state index contributed by atoms with van der Waals surface area (Å²) in [5.74, 6) is 0.418. The van der Waals surface area contributed by atoms with Gasteiger partial charge in [-0.1, -0.05) is 22.0 Å². The Bertz CT molecular complexity index is 395. The van der Waals surface area contributed by atoms with Gasteiger partial charge in [0, 0.05) is 41.8 Å². The van der Waals surface area contributed by atoms with E-state index in [0.29, 0.717) is 5.92 Å². The number of rotatable bonds is 3. The first-order chi connectivity index (χ1) is 8.11. The van der Waals surface area contributed by atoms with Crippen LogP contribution in [-0.2, 0) is 0 Å². The van der Waals surface area contributed by atoms with Crippen molar-refractivity contribution in [3.8, 4) is 0 Å². The molecule has 3 N–H and O–H groups in total. The van der Waals surface area contributed by atoms with Crippen molar-refractivity contribution >= 4 is 21.6 Å². The quantitative estimate of drug-likeness (QED) is 0.900. The average Bonchev–Trinajstić information content (AvgIpc) is 2.76. The third kappa shape index (κ3) is 2.81. The lowest BCUT2D eigenvalue weighted by atomic mass is 10.1. The Morgan fingerprint density at radius 3 is 2.88 bits per heavy atom. The zero-order valence-electron chi connectivity index (χ0n) is 10.1. The van der Waals surface area contributed by atoms with Crippen LogP contribution in [0.3, 0.4) is 0 Å². The van der Waals surface area contributed by atoms with Crippen molar-refractivity contribution in [2.45, 2.75) is 19.4 Å². The lowest BCUT2D eigenvalue weighted by Gasteiger charge is -2.20. The summed E-state index contributed by atoms with van der Waals surface area (Å²) in [5, 5.41) is 9.15. The van der Waals surface area contributed by atoms with Crippen LogP contribution >= 0.6 is 15.9 Å². The minimum Gasteiger partial charge on any atom is -0.396 e. The standard InChI is InChI=1S/C13H19BrN2O/c1-9(15)12-3-2-11(6-13(12)14)16-5-4-10(7-16)8-17/h2-3,6,9-10,17H,4-5,7-8,15H2,1H3/t9-,10?/m1/s1. The molecule has 0 bridgehead atoms. The van der Waals surface area contributed by atoms with Crippen LogP contribution in [0.2, 0.25) is 0 Å². The van der Waals surface area contributed by atoms with E-state index in [1.54, 1.807) is 0 Å². The number of nitrogens with zero attached hydrogens (tertiary/aromatic N) is 1. The zero-order valence-corrected chi connectivity index (χ0v) is 11.7. The van der Waals surface area contributed by atoms with Gasteiger partial charge in [-0.3, -0.25) is 0 Å². The van der Waals surface area contributed by atoms with E-state index in [1.165, 1.54) is 5.69 Å². The fourth-order valence-corrected chi connectivity index (χ4v) is 3.03. The van der Waals surface area contributed by atoms with Crippen LogP contribution in [0.4, 0.5) is 5.69 Å². The van der Waals surface area contributed by atoms with Crippen LogP contribution in [0.25, 0.3) is 0 Å². The van der Waals surface area contributed by atoms with E-state index >= 15 is 0 Å². The van der Waals surface area contributed by atoms with Gasteiger partial charge in [0.2, 0.25) is 0 Å². The molecule has 0 saturated carbocycles. The maximum Gasteiger partial charge on any atom is 0.0476 e. The van der Waals surface area contributed by atoms with Crippen LogP contribution in [-0.4, -0.2) is 24.8 Å². The summed E-state index contributed by atoms with van der Waals surface area (Å²) in [6.07, 6.45) is 1.07. The molecule has 1 heterocycles. The fraction of sp³-hybridized carbons (Fsp3) is 0.538. The van der Waals surface area contributed by atoms with Crippen LogP contribution in [0, 0.1) is 5.92 Å². The number of hydrogen-bond acceptors (Lipinski definition) is 3. The zero-order chi connectivity index (χ0) is 12.4. The third-order valence-corrected chi connectivity index (χ3v) is 4.07. The second-order valence-corrected chi connectivity index (χ2v) is 5.63. The molecule has 2 atom stereocenters. The number of nitrogens with two attached hydrogens (primary N) is 1. The highest BCUT2D eigenvalue weighted by molar-refractivity contribution is 9.10. The predicted octanol–water partition coefficient (Wildman–Crippen LogP) is 2.29. The molecule has 1 aromatic carbocycles. The van der Waals surface area contributed by atoms with Gasteiger partial charge in [-0.2, -0.15) is 0 Å². The van der Waals surface area contributed by atoms with Crippen LogP contribution in [0.15, 0.2) is 22.7 Å². The van der Waals surface area contributed by atoms with E-state index in [4.69, 9.17) is 10.8 Å². The SMILES string of the molecule is C[C@@H](N)c1ccc(N2CCC(CO)C2)cc1Br. The normalized spacial score (nSPS) is 21.9. The Kier molecular flexibility index (Phi) is 4.07. The van der Waals surface area contributed by atoms with E-state index in [9.17, 15) is 0 Å². The Morgan fingerprint density at radius 2 is 2.35 bits per heavy atom. The fourth-order valence-electron chi connectivity index (χ4n) is 2.30. The largest absolute Gasteiger partial charge is 0.396 e.